The summed E-state index contributed by atoms with van der Waals surface area (Å²) in [5, 5.41) is 6.45. The quantitative estimate of drug-likeness (QED) is 0.320. The number of para-hydroxylation sites is 1. The largest absolute Gasteiger partial charge is 0.496 e. The van der Waals surface area contributed by atoms with Crippen LogP contribution in [0.25, 0.3) is 11.5 Å². The fourth-order valence-electron chi connectivity index (χ4n) is 2.86. The first-order valence-electron chi connectivity index (χ1n) is 9.85. The second-order valence-electron chi connectivity index (χ2n) is 6.73. The molecule has 3 rings (SSSR count). The summed E-state index contributed by atoms with van der Waals surface area (Å²) in [5.74, 6) is 2.12. The molecule has 30 heavy (non-hydrogen) atoms. The Kier molecular flexibility index (Phi) is 7.86. The molecule has 158 valence electrons. The van der Waals surface area contributed by atoms with Crippen molar-refractivity contribution in [2.75, 3.05) is 27.3 Å². The molecule has 0 atom stereocenters. The summed E-state index contributed by atoms with van der Waals surface area (Å²) in [7, 11) is 3.39. The average molecular weight is 409 g/mol. The minimum atomic E-state index is 0.498. The van der Waals surface area contributed by atoms with Crippen molar-refractivity contribution in [3.8, 4) is 17.2 Å². The van der Waals surface area contributed by atoms with Gasteiger partial charge in [-0.15, -0.1) is 0 Å². The van der Waals surface area contributed by atoms with Crippen molar-refractivity contribution >= 4 is 5.96 Å². The zero-order chi connectivity index (χ0) is 21.2. The van der Waals surface area contributed by atoms with Crippen molar-refractivity contribution in [2.45, 2.75) is 20.1 Å². The number of nitrogens with zero attached hydrogens (tertiary/aromatic N) is 2. The van der Waals surface area contributed by atoms with E-state index in [1.807, 2.05) is 48.5 Å². The summed E-state index contributed by atoms with van der Waals surface area (Å²) in [6.45, 7) is 4.23. The number of rotatable bonds is 9. The Morgan fingerprint density at radius 2 is 1.90 bits per heavy atom. The number of aryl methyl sites for hydroxylation is 1. The number of oxazole rings is 1. The highest BCUT2D eigenvalue weighted by molar-refractivity contribution is 5.79. The third-order valence-corrected chi connectivity index (χ3v) is 4.50. The molecular formula is C23H28N4O3. The summed E-state index contributed by atoms with van der Waals surface area (Å²) in [4.78, 5) is 8.75. The first kappa shape index (κ1) is 21.4. The number of benzene rings is 2. The summed E-state index contributed by atoms with van der Waals surface area (Å²) >= 11 is 0. The van der Waals surface area contributed by atoms with Crippen LogP contribution in [-0.2, 0) is 17.9 Å². The minimum Gasteiger partial charge on any atom is -0.496 e. The maximum absolute atomic E-state index is 5.73. The molecule has 0 saturated carbocycles. The Hall–Kier alpha value is -3.32. The summed E-state index contributed by atoms with van der Waals surface area (Å²) in [6, 6.07) is 15.9. The van der Waals surface area contributed by atoms with E-state index < -0.39 is 0 Å². The topological polar surface area (TPSA) is 80.9 Å². The Bertz CT molecular complexity index is 951. The number of guanidine groups is 1. The molecule has 1 aromatic heterocycles. The molecule has 0 radical (unpaired) electrons. The van der Waals surface area contributed by atoms with Crippen molar-refractivity contribution in [1.29, 1.82) is 0 Å². The smallest absolute Gasteiger partial charge is 0.226 e. The molecular weight excluding hydrogens is 380 g/mol. The van der Waals surface area contributed by atoms with Gasteiger partial charge in [0.15, 0.2) is 5.96 Å². The molecule has 0 amide bonds. The van der Waals surface area contributed by atoms with E-state index in [9.17, 15) is 0 Å². The number of aromatic nitrogens is 1. The molecule has 0 aliphatic heterocycles. The SMILES string of the molecule is CN=C(NCCOCc1ccccc1OC)NCc1coc(-c2ccc(C)cc2)n1. The van der Waals surface area contributed by atoms with Gasteiger partial charge < -0.3 is 24.5 Å². The van der Waals surface area contributed by atoms with Gasteiger partial charge in [0.05, 0.1) is 32.6 Å². The van der Waals surface area contributed by atoms with Gasteiger partial charge in [0.1, 0.15) is 12.0 Å². The van der Waals surface area contributed by atoms with Crippen LogP contribution in [0.4, 0.5) is 0 Å². The lowest BCUT2D eigenvalue weighted by molar-refractivity contribution is 0.123. The molecule has 1 heterocycles. The molecule has 7 heteroatoms. The van der Waals surface area contributed by atoms with Crippen LogP contribution in [0.15, 0.2) is 64.2 Å². The van der Waals surface area contributed by atoms with E-state index in [-0.39, 0.29) is 0 Å². The molecule has 3 aromatic rings. The standard InChI is InChI=1S/C23H28N4O3/c1-17-8-10-18(11-9-17)22-27-20(16-30-22)14-26-23(24-2)25-12-13-29-15-19-6-4-5-7-21(19)28-3/h4-11,16H,12-15H2,1-3H3,(H2,24,25,26). The number of ether oxygens (including phenoxy) is 2. The summed E-state index contributed by atoms with van der Waals surface area (Å²) in [5.41, 5.74) is 3.99. The van der Waals surface area contributed by atoms with Gasteiger partial charge in [-0.1, -0.05) is 35.9 Å². The monoisotopic (exact) mass is 408 g/mol. The maximum atomic E-state index is 5.73. The predicted octanol–water partition coefficient (Wildman–Crippen LogP) is 3.54. The molecule has 0 aliphatic rings. The van der Waals surface area contributed by atoms with E-state index in [0.717, 1.165) is 22.6 Å². The van der Waals surface area contributed by atoms with E-state index >= 15 is 0 Å². The first-order chi connectivity index (χ1) is 14.7. The van der Waals surface area contributed by atoms with Crippen molar-refractivity contribution in [2.24, 2.45) is 4.99 Å². The van der Waals surface area contributed by atoms with Gasteiger partial charge in [-0.3, -0.25) is 4.99 Å². The molecule has 2 aromatic carbocycles. The van der Waals surface area contributed by atoms with Crippen molar-refractivity contribution < 1.29 is 13.9 Å². The Morgan fingerprint density at radius 1 is 1.10 bits per heavy atom. The predicted molar refractivity (Wildman–Crippen MR) is 118 cm³/mol. The van der Waals surface area contributed by atoms with Crippen LogP contribution >= 0.6 is 0 Å². The molecule has 0 bridgehead atoms. The zero-order valence-corrected chi connectivity index (χ0v) is 17.6. The average Bonchev–Trinajstić information content (AvgIpc) is 3.25. The number of hydrogen-bond acceptors (Lipinski definition) is 5. The van der Waals surface area contributed by atoms with Crippen LogP contribution in [0.2, 0.25) is 0 Å². The zero-order valence-electron chi connectivity index (χ0n) is 17.6. The molecule has 0 spiro atoms. The highest BCUT2D eigenvalue weighted by atomic mass is 16.5. The minimum absolute atomic E-state index is 0.498. The second-order valence-corrected chi connectivity index (χ2v) is 6.73. The van der Waals surface area contributed by atoms with Crippen LogP contribution < -0.4 is 15.4 Å². The van der Waals surface area contributed by atoms with Crippen LogP contribution in [0.1, 0.15) is 16.8 Å². The third kappa shape index (κ3) is 6.09. The lowest BCUT2D eigenvalue weighted by Gasteiger charge is -2.12. The Balaban J connectivity index is 1.39. The number of methoxy groups -OCH3 is 1. The van der Waals surface area contributed by atoms with Crippen LogP contribution in [0.3, 0.4) is 0 Å². The summed E-state index contributed by atoms with van der Waals surface area (Å²) < 4.78 is 16.6. The summed E-state index contributed by atoms with van der Waals surface area (Å²) in [6.07, 6.45) is 1.66. The normalized spacial score (nSPS) is 11.4. The van der Waals surface area contributed by atoms with Gasteiger partial charge in [0.25, 0.3) is 0 Å². The van der Waals surface area contributed by atoms with Crippen LogP contribution in [0.5, 0.6) is 5.75 Å². The van der Waals surface area contributed by atoms with E-state index in [4.69, 9.17) is 13.9 Å². The fourth-order valence-corrected chi connectivity index (χ4v) is 2.86. The number of aliphatic imine (C=N–C) groups is 1. The van der Waals surface area contributed by atoms with E-state index in [0.29, 0.717) is 38.2 Å². The van der Waals surface area contributed by atoms with Gasteiger partial charge in [-0.2, -0.15) is 0 Å². The highest BCUT2D eigenvalue weighted by Gasteiger charge is 2.07. The van der Waals surface area contributed by atoms with Crippen molar-refractivity contribution in [3.63, 3.8) is 0 Å². The van der Waals surface area contributed by atoms with Gasteiger partial charge in [-0.05, 0) is 25.1 Å². The van der Waals surface area contributed by atoms with Gasteiger partial charge in [0.2, 0.25) is 5.89 Å². The Labute approximate surface area is 177 Å². The molecule has 0 fully saturated rings. The fraction of sp³-hybridized carbons (Fsp3) is 0.304. The van der Waals surface area contributed by atoms with Crippen LogP contribution in [-0.4, -0.2) is 38.3 Å². The Morgan fingerprint density at radius 3 is 2.67 bits per heavy atom. The van der Waals surface area contributed by atoms with Gasteiger partial charge in [0, 0.05) is 24.7 Å². The molecule has 0 saturated heterocycles. The molecule has 2 N–H and O–H groups in total. The third-order valence-electron chi connectivity index (χ3n) is 4.50. The lowest BCUT2D eigenvalue weighted by Crippen LogP contribution is -2.38. The van der Waals surface area contributed by atoms with Gasteiger partial charge in [-0.25, -0.2) is 4.98 Å². The van der Waals surface area contributed by atoms with Crippen molar-refractivity contribution in [3.05, 3.63) is 71.6 Å². The van der Waals surface area contributed by atoms with E-state index in [1.165, 1.54) is 5.56 Å². The van der Waals surface area contributed by atoms with Gasteiger partial charge >= 0.3 is 0 Å². The van der Waals surface area contributed by atoms with Crippen LogP contribution in [0, 0.1) is 6.92 Å². The van der Waals surface area contributed by atoms with E-state index in [2.05, 4.69) is 27.5 Å². The number of nitrogens with one attached hydrogen (secondary N) is 2. The second kappa shape index (κ2) is 11.0. The maximum Gasteiger partial charge on any atom is 0.226 e. The number of hydrogen-bond donors (Lipinski definition) is 2. The molecule has 0 aliphatic carbocycles. The van der Waals surface area contributed by atoms with E-state index in [1.54, 1.807) is 20.4 Å². The molecule has 7 nitrogen and oxygen atoms in total. The molecule has 0 unspecified atom stereocenters. The first-order valence-corrected chi connectivity index (χ1v) is 9.85. The lowest BCUT2D eigenvalue weighted by atomic mass is 10.1. The van der Waals surface area contributed by atoms with Crippen molar-refractivity contribution in [1.82, 2.24) is 15.6 Å². The highest BCUT2D eigenvalue weighted by Crippen LogP contribution is 2.19.